The van der Waals surface area contributed by atoms with Gasteiger partial charge in [-0.2, -0.15) is 13.2 Å². The lowest BCUT2D eigenvalue weighted by molar-refractivity contribution is -0.137. The molecule has 0 saturated heterocycles. The Kier molecular flexibility index (Phi) is 6.77. The molecule has 34 heavy (non-hydrogen) atoms. The molecule has 2 heterocycles. The van der Waals surface area contributed by atoms with Crippen LogP contribution in [0.4, 0.5) is 13.2 Å². The van der Waals surface area contributed by atoms with Crippen molar-refractivity contribution in [1.29, 1.82) is 0 Å². The maximum Gasteiger partial charge on any atom is 0.416 e. The SMILES string of the molecule is Cc1cccc([C@@H]2c3cccn3CCN2C(=O)CCC(=O)NCc2cccc(C(F)(F)F)c2)c1. The van der Waals surface area contributed by atoms with Crippen LogP contribution in [0.5, 0.6) is 0 Å². The summed E-state index contributed by atoms with van der Waals surface area (Å²) in [5, 5.41) is 2.62. The summed E-state index contributed by atoms with van der Waals surface area (Å²) < 4.78 is 40.7. The van der Waals surface area contributed by atoms with Crippen molar-refractivity contribution in [3.63, 3.8) is 0 Å². The van der Waals surface area contributed by atoms with Gasteiger partial charge in [0.2, 0.25) is 11.8 Å². The first kappa shape index (κ1) is 23.6. The summed E-state index contributed by atoms with van der Waals surface area (Å²) in [5.74, 6) is -0.508. The molecule has 0 aliphatic carbocycles. The van der Waals surface area contributed by atoms with Crippen LogP contribution in [0, 0.1) is 6.92 Å². The third-order valence-electron chi connectivity index (χ3n) is 6.03. The zero-order chi connectivity index (χ0) is 24.3. The van der Waals surface area contributed by atoms with Crippen molar-refractivity contribution in [3.8, 4) is 0 Å². The van der Waals surface area contributed by atoms with Crippen LogP contribution in [0.25, 0.3) is 0 Å². The van der Waals surface area contributed by atoms with Crippen molar-refractivity contribution in [1.82, 2.24) is 14.8 Å². The fourth-order valence-corrected chi connectivity index (χ4v) is 4.35. The third-order valence-corrected chi connectivity index (χ3v) is 6.03. The summed E-state index contributed by atoms with van der Waals surface area (Å²) in [6.45, 7) is 3.19. The van der Waals surface area contributed by atoms with Gasteiger partial charge in [-0.15, -0.1) is 0 Å². The smallest absolute Gasteiger partial charge is 0.352 e. The molecule has 0 radical (unpaired) electrons. The first-order valence-electron chi connectivity index (χ1n) is 11.2. The summed E-state index contributed by atoms with van der Waals surface area (Å²) >= 11 is 0. The van der Waals surface area contributed by atoms with Gasteiger partial charge >= 0.3 is 6.18 Å². The second kappa shape index (κ2) is 9.75. The molecule has 1 N–H and O–H groups in total. The van der Waals surface area contributed by atoms with E-state index in [2.05, 4.69) is 16.0 Å². The van der Waals surface area contributed by atoms with Crippen molar-refractivity contribution in [2.24, 2.45) is 0 Å². The highest BCUT2D eigenvalue weighted by Gasteiger charge is 2.32. The van der Waals surface area contributed by atoms with E-state index >= 15 is 0 Å². The highest BCUT2D eigenvalue weighted by atomic mass is 19.4. The van der Waals surface area contributed by atoms with Crippen molar-refractivity contribution < 1.29 is 22.8 Å². The third kappa shape index (κ3) is 5.32. The van der Waals surface area contributed by atoms with Crippen LogP contribution in [0.1, 0.15) is 46.8 Å². The molecule has 0 unspecified atom stereocenters. The molecule has 178 valence electrons. The molecule has 2 amide bonds. The van der Waals surface area contributed by atoms with Crippen LogP contribution in [0.15, 0.2) is 66.9 Å². The Hall–Kier alpha value is -3.55. The molecule has 3 aromatic rings. The minimum Gasteiger partial charge on any atom is -0.352 e. The van der Waals surface area contributed by atoms with Crippen molar-refractivity contribution in [2.75, 3.05) is 6.54 Å². The molecule has 2 aromatic carbocycles. The van der Waals surface area contributed by atoms with E-state index in [4.69, 9.17) is 0 Å². The second-order valence-corrected chi connectivity index (χ2v) is 8.51. The van der Waals surface area contributed by atoms with Gasteiger partial charge in [-0.05, 0) is 42.3 Å². The van der Waals surface area contributed by atoms with E-state index in [0.29, 0.717) is 18.7 Å². The van der Waals surface area contributed by atoms with Gasteiger partial charge < -0.3 is 14.8 Å². The van der Waals surface area contributed by atoms with Crippen LogP contribution < -0.4 is 5.32 Å². The molecular formula is C26H26F3N3O2. The molecule has 1 atom stereocenters. The standard InChI is InChI=1S/C26H26F3N3O2/c1-18-5-2-7-20(15-18)25-22-9-4-12-31(22)13-14-32(25)24(34)11-10-23(33)30-17-19-6-3-8-21(16-19)26(27,28)29/h2-9,12,15-16,25H,10-11,13-14,17H2,1H3,(H,30,33)/t25-/m1/s1. The number of aryl methyl sites for hydroxylation is 1. The number of halogens is 3. The van der Waals surface area contributed by atoms with E-state index in [9.17, 15) is 22.8 Å². The highest BCUT2D eigenvalue weighted by Crippen LogP contribution is 2.33. The maximum absolute atomic E-state index is 13.1. The molecule has 1 aromatic heterocycles. The van der Waals surface area contributed by atoms with E-state index in [-0.39, 0.29) is 37.2 Å². The lowest BCUT2D eigenvalue weighted by atomic mass is 9.98. The van der Waals surface area contributed by atoms with Gasteiger partial charge in [0.25, 0.3) is 0 Å². The van der Waals surface area contributed by atoms with E-state index in [1.54, 1.807) is 0 Å². The van der Waals surface area contributed by atoms with Crippen molar-refractivity contribution in [2.45, 2.75) is 45.1 Å². The van der Waals surface area contributed by atoms with E-state index in [1.165, 1.54) is 12.1 Å². The predicted molar refractivity (Wildman–Crippen MR) is 122 cm³/mol. The number of aromatic nitrogens is 1. The molecule has 5 nitrogen and oxygen atoms in total. The van der Waals surface area contributed by atoms with Crippen LogP contribution in [0.3, 0.4) is 0 Å². The van der Waals surface area contributed by atoms with Crippen LogP contribution in [-0.4, -0.2) is 27.8 Å². The van der Waals surface area contributed by atoms with Crippen LogP contribution in [-0.2, 0) is 28.9 Å². The molecule has 0 bridgehead atoms. The Morgan fingerprint density at radius 1 is 1.00 bits per heavy atom. The number of nitrogens with zero attached hydrogens (tertiary/aromatic N) is 2. The van der Waals surface area contributed by atoms with Crippen molar-refractivity contribution >= 4 is 11.8 Å². The number of hydrogen-bond acceptors (Lipinski definition) is 2. The van der Waals surface area contributed by atoms with Gasteiger partial charge in [0, 0.05) is 44.4 Å². The predicted octanol–water partition coefficient (Wildman–Crippen LogP) is 4.84. The van der Waals surface area contributed by atoms with E-state index in [0.717, 1.165) is 29.0 Å². The summed E-state index contributed by atoms with van der Waals surface area (Å²) in [4.78, 5) is 27.3. The number of rotatable bonds is 6. The zero-order valence-corrected chi connectivity index (χ0v) is 18.8. The first-order chi connectivity index (χ1) is 16.2. The molecule has 0 spiro atoms. The minimum atomic E-state index is -4.44. The number of hydrogen-bond donors (Lipinski definition) is 1. The number of carbonyl (C=O) groups excluding carboxylic acids is 2. The lowest BCUT2D eigenvalue weighted by Gasteiger charge is -2.37. The summed E-state index contributed by atoms with van der Waals surface area (Å²) in [7, 11) is 0. The highest BCUT2D eigenvalue weighted by molar-refractivity contribution is 5.84. The Balaban J connectivity index is 1.39. The Morgan fingerprint density at radius 3 is 2.56 bits per heavy atom. The number of fused-ring (bicyclic) bond motifs is 1. The number of amides is 2. The summed E-state index contributed by atoms with van der Waals surface area (Å²) in [5.41, 5.74) is 2.74. The average molecular weight is 470 g/mol. The number of alkyl halides is 3. The van der Waals surface area contributed by atoms with E-state index < -0.39 is 11.7 Å². The lowest BCUT2D eigenvalue weighted by Crippen LogP contribution is -2.42. The molecule has 4 rings (SSSR count). The van der Waals surface area contributed by atoms with Gasteiger partial charge in [0.1, 0.15) is 0 Å². The Bertz CT molecular complexity index is 1190. The van der Waals surface area contributed by atoms with Gasteiger partial charge in [-0.25, -0.2) is 0 Å². The second-order valence-electron chi connectivity index (χ2n) is 8.51. The monoisotopic (exact) mass is 469 g/mol. The summed E-state index contributed by atoms with van der Waals surface area (Å²) in [6, 6.07) is 16.6. The minimum absolute atomic E-state index is 0.0252. The molecule has 1 aliphatic rings. The molecule has 0 fully saturated rings. The average Bonchev–Trinajstić information content (AvgIpc) is 3.29. The van der Waals surface area contributed by atoms with Gasteiger partial charge in [-0.1, -0.05) is 42.0 Å². The quantitative estimate of drug-likeness (QED) is 0.562. The zero-order valence-electron chi connectivity index (χ0n) is 18.8. The fraction of sp³-hybridized carbons (Fsp3) is 0.308. The molecule has 8 heteroatoms. The Morgan fingerprint density at radius 2 is 1.79 bits per heavy atom. The largest absolute Gasteiger partial charge is 0.416 e. The Labute approximate surface area is 196 Å². The molecular weight excluding hydrogens is 443 g/mol. The topological polar surface area (TPSA) is 54.3 Å². The number of benzene rings is 2. The van der Waals surface area contributed by atoms with Gasteiger partial charge in [0.15, 0.2) is 0 Å². The maximum atomic E-state index is 13.1. The molecule has 1 aliphatic heterocycles. The van der Waals surface area contributed by atoms with Gasteiger partial charge in [-0.3, -0.25) is 9.59 Å². The van der Waals surface area contributed by atoms with Crippen LogP contribution in [0.2, 0.25) is 0 Å². The summed E-state index contributed by atoms with van der Waals surface area (Å²) in [6.07, 6.45) is -2.44. The molecule has 0 saturated carbocycles. The van der Waals surface area contributed by atoms with Gasteiger partial charge in [0.05, 0.1) is 11.6 Å². The first-order valence-corrected chi connectivity index (χ1v) is 11.2. The fourth-order valence-electron chi connectivity index (χ4n) is 4.35. The van der Waals surface area contributed by atoms with Crippen LogP contribution >= 0.6 is 0 Å². The number of nitrogens with one attached hydrogen (secondary N) is 1. The number of carbonyl (C=O) groups is 2. The van der Waals surface area contributed by atoms with Crippen molar-refractivity contribution in [3.05, 3.63) is 94.8 Å². The van der Waals surface area contributed by atoms with E-state index in [1.807, 2.05) is 48.4 Å². The normalized spacial score (nSPS) is 15.6.